The van der Waals surface area contributed by atoms with Gasteiger partial charge in [0.1, 0.15) is 23.8 Å². The smallest absolute Gasteiger partial charge is 0.291 e. The van der Waals surface area contributed by atoms with Crippen LogP contribution in [0.25, 0.3) is 11.0 Å². The van der Waals surface area contributed by atoms with Crippen LogP contribution < -0.4 is 30.6 Å². The van der Waals surface area contributed by atoms with E-state index in [1.54, 1.807) is 58.4 Å². The lowest BCUT2D eigenvalue weighted by atomic mass is 10.1. The summed E-state index contributed by atoms with van der Waals surface area (Å²) < 4.78 is 15.5. The number of nitrogens with zero attached hydrogens (tertiary/aromatic N) is 9. The molecule has 1 fully saturated rings. The van der Waals surface area contributed by atoms with E-state index in [2.05, 4.69) is 40.5 Å². The summed E-state index contributed by atoms with van der Waals surface area (Å²) >= 11 is 0. The molecule has 71 heavy (non-hydrogen) atoms. The third-order valence-electron chi connectivity index (χ3n) is 12.7. The molecule has 5 aromatic heterocycles. The Hall–Kier alpha value is -7.86. The van der Waals surface area contributed by atoms with Gasteiger partial charge in [-0.05, 0) is 106 Å². The van der Waals surface area contributed by atoms with Gasteiger partial charge in [0.25, 0.3) is 23.3 Å². The second kappa shape index (κ2) is 21.4. The molecule has 3 N–H and O–H groups in total. The Balaban J connectivity index is 0.712. The molecule has 0 aliphatic carbocycles. The Morgan fingerprint density at radius 2 is 1.66 bits per heavy atom. The van der Waals surface area contributed by atoms with Crippen LogP contribution in [0.4, 0.5) is 11.4 Å². The van der Waals surface area contributed by atoms with Crippen molar-refractivity contribution >= 4 is 40.1 Å². The molecule has 18 nitrogen and oxygen atoms in total. The fourth-order valence-electron chi connectivity index (χ4n) is 9.06. The lowest BCUT2D eigenvalue weighted by molar-refractivity contribution is 0.0730. The lowest BCUT2D eigenvalue weighted by Crippen LogP contribution is -2.46. The van der Waals surface area contributed by atoms with Crippen molar-refractivity contribution in [3.8, 4) is 11.5 Å². The van der Waals surface area contributed by atoms with Gasteiger partial charge >= 0.3 is 0 Å². The van der Waals surface area contributed by atoms with E-state index in [4.69, 9.17) is 14.5 Å². The number of benzene rings is 2. The van der Waals surface area contributed by atoms with Gasteiger partial charge in [-0.1, -0.05) is 13.0 Å². The van der Waals surface area contributed by atoms with E-state index in [0.29, 0.717) is 66.7 Å². The van der Waals surface area contributed by atoms with Gasteiger partial charge in [0, 0.05) is 98.7 Å². The highest BCUT2D eigenvalue weighted by Crippen LogP contribution is 2.28. The molecule has 3 amide bonds. The number of H-pyrrole nitrogens is 1. The van der Waals surface area contributed by atoms with Crippen LogP contribution in [0.5, 0.6) is 11.5 Å². The van der Waals surface area contributed by atoms with Gasteiger partial charge < -0.3 is 39.5 Å². The number of aromatic amines is 1. The number of rotatable bonds is 17. The predicted molar refractivity (Wildman–Crippen MR) is 270 cm³/mol. The molecule has 7 heterocycles. The Labute approximate surface area is 412 Å². The summed E-state index contributed by atoms with van der Waals surface area (Å²) in [5.41, 5.74) is 8.22. The number of imidazole rings is 1. The van der Waals surface area contributed by atoms with Gasteiger partial charge in [0.2, 0.25) is 0 Å². The average Bonchev–Trinajstić information content (AvgIpc) is 4.01. The van der Waals surface area contributed by atoms with Gasteiger partial charge in [0.15, 0.2) is 5.82 Å². The number of ether oxygens (including phenoxy) is 2. The van der Waals surface area contributed by atoms with Gasteiger partial charge in [-0.2, -0.15) is 5.10 Å². The molecular formula is C53H60N12O6. The third kappa shape index (κ3) is 11.4. The van der Waals surface area contributed by atoms with Crippen LogP contribution in [0.3, 0.4) is 0 Å². The van der Waals surface area contributed by atoms with Gasteiger partial charge in [-0.15, -0.1) is 0 Å². The van der Waals surface area contributed by atoms with Crippen molar-refractivity contribution in [1.82, 2.24) is 49.4 Å². The van der Waals surface area contributed by atoms with Crippen LogP contribution in [0, 0.1) is 0 Å². The lowest BCUT2D eigenvalue weighted by Gasteiger charge is -2.36. The quantitative estimate of drug-likeness (QED) is 0.0907. The Kier molecular flexibility index (Phi) is 14.5. The zero-order valence-electron chi connectivity index (χ0n) is 40.9. The summed E-state index contributed by atoms with van der Waals surface area (Å²) in [5.74, 6) is 0.852. The molecule has 0 radical (unpaired) electrons. The molecule has 368 valence electrons. The highest BCUT2D eigenvalue weighted by atomic mass is 16.5. The number of amides is 3. The standard InChI is InChI=1S/C53H60N12O6/c1-6-38-26-45-46(60-50(38)66)24-36(27-55-45)30-61-20-22-62(23-21-61)41-12-15-44(56-29-41)51(67)54-17-19-64-31-37(28-57-64)33-70-43-9-7-8-39(25-43)53(69)63-18-16-48-47(32-63)59-49(65(48)34(2)3)52(68)58-40-10-13-42(14-11-40)71-35(4)5/h7-15,24-29,31,34-35H,6,16-23,30,32-33H2,1-5H3,(H,54,67)(H,58,68)(H,60,66). The van der Waals surface area contributed by atoms with E-state index in [1.807, 2.05) is 88.0 Å². The van der Waals surface area contributed by atoms with Crippen molar-refractivity contribution in [2.75, 3.05) is 49.5 Å². The molecule has 18 heteroatoms. The maximum Gasteiger partial charge on any atom is 0.291 e. The number of pyridine rings is 3. The number of piperazine rings is 1. The van der Waals surface area contributed by atoms with E-state index >= 15 is 0 Å². The molecule has 0 bridgehead atoms. The second-order valence-corrected chi connectivity index (χ2v) is 18.5. The van der Waals surface area contributed by atoms with Crippen molar-refractivity contribution < 1.29 is 23.9 Å². The van der Waals surface area contributed by atoms with E-state index in [0.717, 1.165) is 77.6 Å². The second-order valence-electron chi connectivity index (χ2n) is 18.5. The predicted octanol–water partition coefficient (Wildman–Crippen LogP) is 6.42. The molecule has 7 aromatic rings. The number of fused-ring (bicyclic) bond motifs is 2. The number of hydrogen-bond acceptors (Lipinski definition) is 12. The van der Waals surface area contributed by atoms with Crippen LogP contribution in [0.15, 0.2) is 102 Å². The van der Waals surface area contributed by atoms with Crippen LogP contribution in [-0.2, 0) is 39.1 Å². The zero-order valence-corrected chi connectivity index (χ0v) is 40.9. The maximum atomic E-state index is 13.8. The molecule has 0 saturated carbocycles. The minimum Gasteiger partial charge on any atom is -0.491 e. The summed E-state index contributed by atoms with van der Waals surface area (Å²) in [5, 5.41) is 10.4. The summed E-state index contributed by atoms with van der Waals surface area (Å²) in [6, 6.07) is 21.9. The number of carbonyl (C=O) groups is 3. The van der Waals surface area contributed by atoms with Gasteiger partial charge in [-0.25, -0.2) is 9.97 Å². The molecule has 1 saturated heterocycles. The minimum absolute atomic E-state index is 0.0102. The number of hydrogen-bond donors (Lipinski definition) is 3. The molecule has 9 rings (SSSR count). The number of aromatic nitrogens is 7. The summed E-state index contributed by atoms with van der Waals surface area (Å²) in [6.07, 6.45) is 8.50. The van der Waals surface area contributed by atoms with Crippen molar-refractivity contribution in [1.29, 1.82) is 0 Å². The van der Waals surface area contributed by atoms with Crippen molar-refractivity contribution in [2.24, 2.45) is 0 Å². The molecule has 2 aliphatic rings. The van der Waals surface area contributed by atoms with Crippen LogP contribution in [0.2, 0.25) is 0 Å². The zero-order chi connectivity index (χ0) is 49.6. The fraction of sp³-hybridized carbons (Fsp3) is 0.358. The van der Waals surface area contributed by atoms with Crippen LogP contribution in [0.1, 0.15) is 100 Å². The number of aryl methyl sites for hydroxylation is 1. The molecule has 0 spiro atoms. The number of carbonyl (C=O) groups excluding carboxylic acids is 3. The van der Waals surface area contributed by atoms with Crippen molar-refractivity contribution in [2.45, 2.75) is 85.8 Å². The third-order valence-corrected chi connectivity index (χ3v) is 12.7. The van der Waals surface area contributed by atoms with Crippen molar-refractivity contribution in [3.05, 3.63) is 153 Å². The average molecular weight is 961 g/mol. The topological polar surface area (TPSA) is 198 Å². The summed E-state index contributed by atoms with van der Waals surface area (Å²) in [4.78, 5) is 75.9. The summed E-state index contributed by atoms with van der Waals surface area (Å²) in [6.45, 7) is 15.8. The first kappa shape index (κ1) is 48.2. The molecule has 2 aliphatic heterocycles. The highest BCUT2D eigenvalue weighted by Gasteiger charge is 2.30. The molecule has 0 unspecified atom stereocenters. The van der Waals surface area contributed by atoms with Gasteiger partial charge in [-0.3, -0.25) is 33.7 Å². The van der Waals surface area contributed by atoms with Crippen LogP contribution >= 0.6 is 0 Å². The summed E-state index contributed by atoms with van der Waals surface area (Å²) in [7, 11) is 0. The minimum atomic E-state index is -0.316. The van der Waals surface area contributed by atoms with E-state index in [-0.39, 0.29) is 48.6 Å². The number of anilines is 2. The maximum absolute atomic E-state index is 13.8. The fourth-order valence-corrected chi connectivity index (χ4v) is 9.06. The van der Waals surface area contributed by atoms with E-state index < -0.39 is 0 Å². The van der Waals surface area contributed by atoms with Gasteiger partial charge in [0.05, 0.1) is 54.0 Å². The van der Waals surface area contributed by atoms with E-state index in [1.165, 1.54) is 0 Å². The first-order valence-electron chi connectivity index (χ1n) is 24.3. The molecule has 0 atom stereocenters. The molecule has 2 aromatic carbocycles. The van der Waals surface area contributed by atoms with Crippen molar-refractivity contribution in [3.63, 3.8) is 0 Å². The molecular weight excluding hydrogens is 901 g/mol. The highest BCUT2D eigenvalue weighted by molar-refractivity contribution is 6.02. The van der Waals surface area contributed by atoms with E-state index in [9.17, 15) is 19.2 Å². The normalized spacial score (nSPS) is 14.0. The Morgan fingerprint density at radius 3 is 2.41 bits per heavy atom. The first-order chi connectivity index (χ1) is 34.4. The Bertz CT molecular complexity index is 3080. The number of nitrogens with one attached hydrogen (secondary N) is 3. The monoisotopic (exact) mass is 960 g/mol. The van der Waals surface area contributed by atoms with Crippen LogP contribution in [-0.4, -0.2) is 107 Å². The largest absolute Gasteiger partial charge is 0.491 e. The SMILES string of the molecule is CCc1cc2ncc(CN3CCN(c4ccc(C(=O)NCCn5cc(COc6cccc(C(=O)N7CCc8c(nc(C(=O)Nc9ccc(OC(C)C)cc9)n8C(C)C)C7)c6)cn5)nc4)CC3)cc2[nH]c1=O. The first-order valence-corrected chi connectivity index (χ1v) is 24.3. The Morgan fingerprint density at radius 1 is 0.845 bits per heavy atom.